The average molecular weight is 287 g/mol. The van der Waals surface area contributed by atoms with Crippen LogP contribution < -0.4 is 5.32 Å². The summed E-state index contributed by atoms with van der Waals surface area (Å²) in [6.45, 7) is 8.21. The summed E-state index contributed by atoms with van der Waals surface area (Å²) in [6.07, 6.45) is 1.51. The van der Waals surface area contributed by atoms with Gasteiger partial charge in [0.25, 0.3) is 0 Å². The van der Waals surface area contributed by atoms with Gasteiger partial charge in [-0.25, -0.2) is 9.59 Å². The number of carbonyl (C=O) groups is 2. The molecule has 0 aromatic rings. The Hall–Kier alpha value is -1.30. The largest absolute Gasteiger partial charge is 0.464 e. The summed E-state index contributed by atoms with van der Waals surface area (Å²) in [4.78, 5) is 24.0. The maximum absolute atomic E-state index is 12.2. The van der Waals surface area contributed by atoms with Gasteiger partial charge in [0, 0.05) is 13.0 Å². The number of hydrogen-bond acceptors (Lipinski definition) is 5. The van der Waals surface area contributed by atoms with Gasteiger partial charge in [0.2, 0.25) is 0 Å². The van der Waals surface area contributed by atoms with E-state index in [0.29, 0.717) is 19.6 Å². The van der Waals surface area contributed by atoms with E-state index >= 15 is 0 Å². The SMILES string of the molecule is CCCCOC(=O)[C@@]1(NC(=O)OC(C)(C)C)CCOC1. The number of carbonyl (C=O) groups excluding carboxylic acids is 2. The summed E-state index contributed by atoms with van der Waals surface area (Å²) in [7, 11) is 0. The minimum atomic E-state index is -1.12. The second-order valence-corrected chi connectivity index (χ2v) is 6.00. The topological polar surface area (TPSA) is 73.9 Å². The Balaban J connectivity index is 2.62. The van der Waals surface area contributed by atoms with E-state index in [1.54, 1.807) is 20.8 Å². The minimum Gasteiger partial charge on any atom is -0.464 e. The van der Waals surface area contributed by atoms with Crippen LogP contribution in [0, 0.1) is 0 Å². The molecule has 0 radical (unpaired) electrons. The van der Waals surface area contributed by atoms with Crippen LogP contribution in [0.15, 0.2) is 0 Å². The van der Waals surface area contributed by atoms with E-state index in [-0.39, 0.29) is 6.61 Å². The van der Waals surface area contributed by atoms with E-state index in [1.807, 2.05) is 6.92 Å². The van der Waals surface area contributed by atoms with Crippen molar-refractivity contribution in [1.29, 1.82) is 0 Å². The van der Waals surface area contributed by atoms with Gasteiger partial charge < -0.3 is 19.5 Å². The molecule has 20 heavy (non-hydrogen) atoms. The monoisotopic (exact) mass is 287 g/mol. The Morgan fingerprint density at radius 2 is 2.05 bits per heavy atom. The lowest BCUT2D eigenvalue weighted by molar-refractivity contribution is -0.151. The van der Waals surface area contributed by atoms with Gasteiger partial charge in [-0.15, -0.1) is 0 Å². The van der Waals surface area contributed by atoms with Gasteiger partial charge >= 0.3 is 12.1 Å². The first-order valence-corrected chi connectivity index (χ1v) is 7.05. The average Bonchev–Trinajstić information content (AvgIpc) is 2.76. The zero-order valence-electron chi connectivity index (χ0n) is 12.8. The Kier molecular flexibility index (Phi) is 5.80. The van der Waals surface area contributed by atoms with Gasteiger partial charge in [0.1, 0.15) is 5.60 Å². The highest BCUT2D eigenvalue weighted by atomic mass is 16.6. The highest BCUT2D eigenvalue weighted by molar-refractivity contribution is 5.86. The molecule has 6 nitrogen and oxygen atoms in total. The molecule has 0 saturated carbocycles. The molecule has 1 heterocycles. The predicted molar refractivity (Wildman–Crippen MR) is 73.4 cm³/mol. The van der Waals surface area contributed by atoms with Crippen LogP contribution in [0.1, 0.15) is 47.0 Å². The van der Waals surface area contributed by atoms with Crippen LogP contribution >= 0.6 is 0 Å². The quantitative estimate of drug-likeness (QED) is 0.618. The van der Waals surface area contributed by atoms with Crippen molar-refractivity contribution < 1.29 is 23.8 Å². The molecule has 0 unspecified atom stereocenters. The first kappa shape index (κ1) is 16.8. The third kappa shape index (κ3) is 5.00. The van der Waals surface area contributed by atoms with Crippen molar-refractivity contribution in [3.05, 3.63) is 0 Å². The van der Waals surface area contributed by atoms with E-state index < -0.39 is 23.2 Å². The molecule has 1 aliphatic rings. The number of amides is 1. The van der Waals surface area contributed by atoms with Gasteiger partial charge in [-0.05, 0) is 27.2 Å². The Morgan fingerprint density at radius 3 is 2.55 bits per heavy atom. The number of ether oxygens (including phenoxy) is 3. The number of unbranched alkanes of at least 4 members (excludes halogenated alkanes) is 1. The molecule has 1 saturated heterocycles. The molecule has 1 aliphatic heterocycles. The van der Waals surface area contributed by atoms with Gasteiger partial charge in [0.05, 0.1) is 13.2 Å². The van der Waals surface area contributed by atoms with E-state index in [9.17, 15) is 9.59 Å². The van der Waals surface area contributed by atoms with Crippen LogP contribution in [-0.4, -0.2) is 43.0 Å². The molecule has 6 heteroatoms. The van der Waals surface area contributed by atoms with Crippen LogP contribution in [0.25, 0.3) is 0 Å². The lowest BCUT2D eigenvalue weighted by Gasteiger charge is -2.28. The molecule has 1 rings (SSSR count). The van der Waals surface area contributed by atoms with E-state index in [2.05, 4.69) is 5.32 Å². The number of esters is 1. The summed E-state index contributed by atoms with van der Waals surface area (Å²) >= 11 is 0. The number of rotatable bonds is 5. The zero-order chi connectivity index (χ0) is 15.2. The fraction of sp³-hybridized carbons (Fsp3) is 0.857. The summed E-state index contributed by atoms with van der Waals surface area (Å²) in [5.74, 6) is -0.450. The fourth-order valence-corrected chi connectivity index (χ4v) is 1.82. The molecule has 1 N–H and O–H groups in total. The number of hydrogen-bond donors (Lipinski definition) is 1. The maximum atomic E-state index is 12.2. The van der Waals surface area contributed by atoms with E-state index in [1.165, 1.54) is 0 Å². The van der Waals surface area contributed by atoms with E-state index in [4.69, 9.17) is 14.2 Å². The maximum Gasteiger partial charge on any atom is 0.408 e. The third-order valence-corrected chi connectivity index (χ3v) is 2.88. The summed E-state index contributed by atoms with van der Waals surface area (Å²) < 4.78 is 15.6. The smallest absolute Gasteiger partial charge is 0.408 e. The van der Waals surface area contributed by atoms with Crippen molar-refractivity contribution in [2.75, 3.05) is 19.8 Å². The summed E-state index contributed by atoms with van der Waals surface area (Å²) in [6, 6.07) is 0. The predicted octanol–water partition coefficient (Wildman–Crippen LogP) is 2.01. The second-order valence-electron chi connectivity index (χ2n) is 6.00. The van der Waals surface area contributed by atoms with E-state index in [0.717, 1.165) is 12.8 Å². The van der Waals surface area contributed by atoms with Crippen molar-refractivity contribution in [3.63, 3.8) is 0 Å². The van der Waals surface area contributed by atoms with Gasteiger partial charge in [0.15, 0.2) is 5.54 Å². The third-order valence-electron chi connectivity index (χ3n) is 2.88. The number of nitrogens with one attached hydrogen (secondary N) is 1. The molecule has 0 aromatic heterocycles. The van der Waals surface area contributed by atoms with Gasteiger partial charge in [-0.3, -0.25) is 0 Å². The minimum absolute atomic E-state index is 0.122. The molecule has 0 spiro atoms. The fourth-order valence-electron chi connectivity index (χ4n) is 1.82. The highest BCUT2D eigenvalue weighted by Gasteiger charge is 2.46. The molecule has 0 aliphatic carbocycles. The van der Waals surface area contributed by atoms with Crippen LogP contribution in [0.3, 0.4) is 0 Å². The molecule has 1 fully saturated rings. The second kappa shape index (κ2) is 6.92. The lowest BCUT2D eigenvalue weighted by atomic mass is 9.99. The first-order valence-electron chi connectivity index (χ1n) is 7.05. The van der Waals surface area contributed by atoms with Gasteiger partial charge in [-0.2, -0.15) is 0 Å². The van der Waals surface area contributed by atoms with Crippen LogP contribution in [0.5, 0.6) is 0 Å². The molecule has 1 atom stereocenters. The molecular formula is C14H25NO5. The Bertz CT molecular complexity index is 342. The number of alkyl carbamates (subject to hydrolysis) is 1. The first-order chi connectivity index (χ1) is 9.29. The van der Waals surface area contributed by atoms with Crippen molar-refractivity contribution in [2.45, 2.75) is 58.1 Å². The van der Waals surface area contributed by atoms with Crippen molar-refractivity contribution in [2.24, 2.45) is 0 Å². The van der Waals surface area contributed by atoms with Crippen LogP contribution in [0.2, 0.25) is 0 Å². The normalized spacial score (nSPS) is 22.4. The van der Waals surface area contributed by atoms with Crippen molar-refractivity contribution >= 4 is 12.1 Å². The Labute approximate surface area is 120 Å². The molecule has 1 amide bonds. The zero-order valence-corrected chi connectivity index (χ0v) is 12.8. The van der Waals surface area contributed by atoms with Crippen LogP contribution in [-0.2, 0) is 19.0 Å². The molecular weight excluding hydrogens is 262 g/mol. The van der Waals surface area contributed by atoms with Crippen LogP contribution in [0.4, 0.5) is 4.79 Å². The molecule has 116 valence electrons. The summed E-state index contributed by atoms with van der Waals surface area (Å²) in [5, 5.41) is 2.61. The summed E-state index contributed by atoms with van der Waals surface area (Å²) in [5.41, 5.74) is -1.73. The van der Waals surface area contributed by atoms with Gasteiger partial charge in [-0.1, -0.05) is 13.3 Å². The lowest BCUT2D eigenvalue weighted by Crippen LogP contribution is -2.56. The Morgan fingerprint density at radius 1 is 1.35 bits per heavy atom. The molecule has 0 aromatic carbocycles. The molecule has 0 bridgehead atoms. The van der Waals surface area contributed by atoms with Crippen molar-refractivity contribution in [3.8, 4) is 0 Å². The van der Waals surface area contributed by atoms with Crippen molar-refractivity contribution in [1.82, 2.24) is 5.32 Å². The highest BCUT2D eigenvalue weighted by Crippen LogP contribution is 2.21. The standard InChI is InChI=1S/C14H25NO5/c1-5-6-8-19-11(16)14(7-9-18-10-14)15-12(17)20-13(2,3)4/h5-10H2,1-4H3,(H,15,17)/t14-/m1/s1.